The summed E-state index contributed by atoms with van der Waals surface area (Å²) in [4.78, 5) is 25.6. The highest BCUT2D eigenvalue weighted by Gasteiger charge is 2.37. The molecule has 0 saturated carbocycles. The quantitative estimate of drug-likeness (QED) is 0.572. The molecule has 1 aromatic rings. The van der Waals surface area contributed by atoms with Crippen LogP contribution in [0.15, 0.2) is 23.4 Å². The van der Waals surface area contributed by atoms with E-state index >= 15 is 0 Å². The maximum absolute atomic E-state index is 14.0. The van der Waals surface area contributed by atoms with E-state index in [0.717, 1.165) is 6.07 Å². The predicted molar refractivity (Wildman–Crippen MR) is 83.2 cm³/mol. The van der Waals surface area contributed by atoms with E-state index in [4.69, 9.17) is 14.1 Å². The van der Waals surface area contributed by atoms with Crippen molar-refractivity contribution in [2.24, 2.45) is 0 Å². The van der Waals surface area contributed by atoms with E-state index in [1.54, 1.807) is 0 Å². The number of ether oxygens (including phenoxy) is 3. The van der Waals surface area contributed by atoms with Crippen molar-refractivity contribution in [3.63, 3.8) is 0 Å². The molecular formula is C15H15BFNO7. The minimum absolute atomic E-state index is 0.0185. The molecule has 0 radical (unpaired) electrons. The average Bonchev–Trinajstić information content (AvgIpc) is 3.00. The molecule has 0 saturated heterocycles. The van der Waals surface area contributed by atoms with Gasteiger partial charge in [0.25, 0.3) is 0 Å². The Morgan fingerprint density at radius 2 is 1.96 bits per heavy atom. The van der Waals surface area contributed by atoms with E-state index in [-0.39, 0.29) is 42.4 Å². The van der Waals surface area contributed by atoms with E-state index in [1.807, 2.05) is 0 Å². The summed E-state index contributed by atoms with van der Waals surface area (Å²) in [5, 5.41) is 9.81. The van der Waals surface area contributed by atoms with E-state index in [0.29, 0.717) is 5.56 Å². The molecular weight excluding hydrogens is 336 g/mol. The molecule has 0 bridgehead atoms. The van der Waals surface area contributed by atoms with Crippen LogP contribution in [-0.2, 0) is 35.1 Å². The number of rotatable bonds is 3. The van der Waals surface area contributed by atoms with Crippen LogP contribution < -0.4 is 10.4 Å². The first-order chi connectivity index (χ1) is 12.0. The van der Waals surface area contributed by atoms with Gasteiger partial charge in [0, 0.05) is 0 Å². The van der Waals surface area contributed by atoms with Crippen LogP contribution in [-0.4, -0.2) is 51.6 Å². The van der Waals surface area contributed by atoms with Crippen LogP contribution in [0, 0.1) is 5.82 Å². The number of carbonyl (C=O) groups excluding carboxylic acids is 2. The Hall–Kier alpha value is -2.43. The van der Waals surface area contributed by atoms with Crippen molar-refractivity contribution < 1.29 is 37.9 Å². The number of hydrogen-bond acceptors (Lipinski definition) is 8. The van der Waals surface area contributed by atoms with Crippen molar-refractivity contribution in [1.82, 2.24) is 0 Å². The fourth-order valence-corrected chi connectivity index (χ4v) is 2.85. The lowest BCUT2D eigenvalue weighted by Crippen LogP contribution is -2.40. The van der Waals surface area contributed by atoms with Gasteiger partial charge in [-0.2, -0.15) is 0 Å². The first kappa shape index (κ1) is 17.4. The first-order valence-electron chi connectivity index (χ1n) is 7.35. The molecule has 3 rings (SSSR count). The smallest absolute Gasteiger partial charge is 0.466 e. The molecule has 0 unspecified atom stereocenters. The van der Waals surface area contributed by atoms with Crippen LogP contribution in [0.25, 0.3) is 0 Å². The Morgan fingerprint density at radius 3 is 2.64 bits per heavy atom. The summed E-state index contributed by atoms with van der Waals surface area (Å²) < 4.78 is 33.9. The summed E-state index contributed by atoms with van der Waals surface area (Å²) >= 11 is 0. The van der Waals surface area contributed by atoms with Gasteiger partial charge in [0.05, 0.1) is 38.7 Å². The van der Waals surface area contributed by atoms with Crippen LogP contribution in [0.3, 0.4) is 0 Å². The van der Waals surface area contributed by atoms with Crippen molar-refractivity contribution in [3.05, 3.63) is 34.8 Å². The van der Waals surface area contributed by atoms with Crippen molar-refractivity contribution in [3.8, 4) is 0 Å². The van der Waals surface area contributed by atoms with Gasteiger partial charge < -0.3 is 28.8 Å². The van der Waals surface area contributed by atoms with Crippen LogP contribution in [0.1, 0.15) is 5.56 Å². The number of nitrogens with zero attached hydrogens (tertiary/aromatic N) is 1. The fraction of sp³-hybridized carbons (Fsp3) is 0.333. The van der Waals surface area contributed by atoms with E-state index in [2.05, 4.69) is 4.74 Å². The largest absolute Gasteiger partial charge is 0.491 e. The Balaban J connectivity index is 2.17. The zero-order valence-corrected chi connectivity index (χ0v) is 13.6. The van der Waals surface area contributed by atoms with Gasteiger partial charge in [0.1, 0.15) is 18.2 Å². The summed E-state index contributed by atoms with van der Waals surface area (Å²) in [7, 11) is 1.08. The third-order valence-corrected chi connectivity index (χ3v) is 4.00. The SMILES string of the molecule is COC(=O)C1=C(C(=O)OC)N(c2cc(F)cc3c2COB3O)COC1. The predicted octanol–water partition coefficient (Wildman–Crippen LogP) is -0.562. The number of fused-ring (bicyclic) bond motifs is 1. The number of methoxy groups -OCH3 is 2. The van der Waals surface area contributed by atoms with Gasteiger partial charge in [-0.25, -0.2) is 14.0 Å². The lowest BCUT2D eigenvalue weighted by atomic mass is 9.79. The molecule has 0 fully saturated rings. The molecule has 10 heteroatoms. The molecule has 0 aliphatic carbocycles. The summed E-state index contributed by atoms with van der Waals surface area (Å²) in [6.45, 7) is -0.244. The summed E-state index contributed by atoms with van der Waals surface area (Å²) in [5.74, 6) is -2.18. The lowest BCUT2D eigenvalue weighted by Gasteiger charge is -2.32. The molecule has 0 spiro atoms. The molecule has 2 heterocycles. The Kier molecular flexibility index (Phi) is 4.75. The van der Waals surface area contributed by atoms with Gasteiger partial charge in [0.15, 0.2) is 0 Å². The minimum atomic E-state index is -1.26. The van der Waals surface area contributed by atoms with Crippen molar-refractivity contribution in [2.45, 2.75) is 6.61 Å². The highest BCUT2D eigenvalue weighted by Crippen LogP contribution is 2.31. The molecule has 25 heavy (non-hydrogen) atoms. The third-order valence-electron chi connectivity index (χ3n) is 4.00. The maximum Gasteiger partial charge on any atom is 0.491 e. The summed E-state index contributed by atoms with van der Waals surface area (Å²) in [6.07, 6.45) is 0. The minimum Gasteiger partial charge on any atom is -0.466 e. The molecule has 0 aromatic heterocycles. The van der Waals surface area contributed by atoms with Crippen LogP contribution in [0.5, 0.6) is 0 Å². The van der Waals surface area contributed by atoms with Crippen LogP contribution in [0.2, 0.25) is 0 Å². The number of esters is 2. The standard InChI is InChI=1S/C15H15BFNO7/c1-22-14(19)10-5-24-7-18(13(10)15(20)23-2)12-4-8(17)3-11-9(12)6-25-16(11)21/h3-4,21H,5-7H2,1-2H3. The third kappa shape index (κ3) is 2.99. The normalized spacial score (nSPS) is 16.8. The van der Waals surface area contributed by atoms with Crippen LogP contribution in [0.4, 0.5) is 10.1 Å². The van der Waals surface area contributed by atoms with Crippen molar-refractivity contribution >= 4 is 30.2 Å². The molecule has 8 nitrogen and oxygen atoms in total. The summed E-state index contributed by atoms with van der Waals surface area (Å²) in [6, 6.07) is 2.33. The molecule has 132 valence electrons. The topological polar surface area (TPSA) is 94.5 Å². The van der Waals surface area contributed by atoms with Crippen LogP contribution >= 0.6 is 0 Å². The van der Waals surface area contributed by atoms with E-state index < -0.39 is 24.9 Å². The van der Waals surface area contributed by atoms with Gasteiger partial charge in [-0.1, -0.05) is 0 Å². The van der Waals surface area contributed by atoms with E-state index in [9.17, 15) is 19.0 Å². The molecule has 2 aliphatic heterocycles. The summed E-state index contributed by atoms with van der Waals surface area (Å²) in [5.41, 5.74) is 0.843. The number of anilines is 1. The molecule has 0 atom stereocenters. The second-order valence-electron chi connectivity index (χ2n) is 5.37. The highest BCUT2D eigenvalue weighted by atomic mass is 19.1. The Labute approximate surface area is 142 Å². The molecule has 1 N–H and O–H groups in total. The number of hydrogen-bond donors (Lipinski definition) is 1. The molecule has 0 amide bonds. The second-order valence-corrected chi connectivity index (χ2v) is 5.37. The Morgan fingerprint density at radius 1 is 1.24 bits per heavy atom. The zero-order valence-electron chi connectivity index (χ0n) is 13.6. The molecule has 2 aliphatic rings. The fourth-order valence-electron chi connectivity index (χ4n) is 2.85. The maximum atomic E-state index is 14.0. The van der Waals surface area contributed by atoms with Crippen molar-refractivity contribution in [2.75, 3.05) is 32.5 Å². The molecule has 1 aromatic carbocycles. The van der Waals surface area contributed by atoms with Gasteiger partial charge >= 0.3 is 19.1 Å². The van der Waals surface area contributed by atoms with Gasteiger partial charge in [-0.05, 0) is 23.2 Å². The lowest BCUT2D eigenvalue weighted by molar-refractivity contribution is -0.140. The van der Waals surface area contributed by atoms with E-state index in [1.165, 1.54) is 25.2 Å². The second kappa shape index (κ2) is 6.83. The number of benzene rings is 1. The number of halogens is 1. The average molecular weight is 351 g/mol. The monoisotopic (exact) mass is 351 g/mol. The van der Waals surface area contributed by atoms with Gasteiger partial charge in [-0.3, -0.25) is 0 Å². The van der Waals surface area contributed by atoms with Crippen molar-refractivity contribution in [1.29, 1.82) is 0 Å². The van der Waals surface area contributed by atoms with Gasteiger partial charge in [0.2, 0.25) is 0 Å². The zero-order chi connectivity index (χ0) is 18.1. The Bertz CT molecular complexity index is 766. The van der Waals surface area contributed by atoms with Gasteiger partial charge in [-0.15, -0.1) is 0 Å². The highest BCUT2D eigenvalue weighted by molar-refractivity contribution is 6.61. The number of carbonyl (C=O) groups is 2. The first-order valence-corrected chi connectivity index (χ1v) is 7.35.